The van der Waals surface area contributed by atoms with Crippen molar-refractivity contribution in [3.8, 4) is 28.4 Å². The molecule has 18 heteroatoms. The lowest BCUT2D eigenvalue weighted by molar-refractivity contribution is -0.144. The number of thiocarbonyl (C=S) groups is 1. The number of benzene rings is 3. The van der Waals surface area contributed by atoms with Gasteiger partial charge in [-0.25, -0.2) is 9.59 Å². The Morgan fingerprint density at radius 1 is 0.918 bits per heavy atom. The molecular formula is C31H21F6NO9S2. The van der Waals surface area contributed by atoms with Crippen molar-refractivity contribution in [3.63, 3.8) is 0 Å². The van der Waals surface area contributed by atoms with E-state index in [1.807, 2.05) is 0 Å². The molecule has 258 valence electrons. The fourth-order valence-corrected chi connectivity index (χ4v) is 5.56. The van der Waals surface area contributed by atoms with Crippen molar-refractivity contribution < 1.29 is 69.9 Å². The molecule has 0 radical (unpaired) electrons. The molecule has 0 saturated carbocycles. The molecule has 0 unspecified atom stereocenters. The lowest BCUT2D eigenvalue weighted by Crippen LogP contribution is -2.31. The van der Waals surface area contributed by atoms with Gasteiger partial charge in [-0.15, -0.1) is 0 Å². The van der Waals surface area contributed by atoms with Crippen molar-refractivity contribution in [3.05, 3.63) is 81.8 Å². The monoisotopic (exact) mass is 729 g/mol. The first-order valence-electron chi connectivity index (χ1n) is 13.5. The smallest absolute Gasteiger partial charge is 0.416 e. The standard InChI is InChI=1S/C31H21F6NO9S2/c1-45-26(41)14-46-23-5-2-15(16-9-18(30(32,33)34)12-19(10-16)31(35,36)37)8-17(23)11-24-27(42)38(29(48)49-24)7-6-25(40)47-20-3-4-21(28(43)44)22(39)13-20/h2-5,8-13,39H,6-7,14H2,1H3,(H,43,44). The number of ether oxygens (including phenoxy) is 3. The van der Waals surface area contributed by atoms with E-state index >= 15 is 0 Å². The first-order chi connectivity index (χ1) is 22.9. The van der Waals surface area contributed by atoms with Crippen LogP contribution in [-0.2, 0) is 31.5 Å². The lowest BCUT2D eigenvalue weighted by Gasteiger charge is -2.16. The SMILES string of the molecule is COC(=O)COc1ccc(-c2cc(C(F)(F)F)cc(C(F)(F)F)c2)cc1C=C1SC(=S)N(CCC(=O)Oc2ccc(C(=O)O)c(O)c2)C1=O. The van der Waals surface area contributed by atoms with E-state index in [1.54, 1.807) is 0 Å². The summed E-state index contributed by atoms with van der Waals surface area (Å²) in [7, 11) is 1.08. The average Bonchev–Trinajstić information content (AvgIpc) is 3.28. The number of rotatable bonds is 10. The summed E-state index contributed by atoms with van der Waals surface area (Å²) in [5.74, 6) is -4.69. The van der Waals surface area contributed by atoms with Crippen molar-refractivity contribution >= 4 is 58.2 Å². The number of aromatic carboxylic acids is 1. The van der Waals surface area contributed by atoms with E-state index in [0.29, 0.717) is 12.1 Å². The largest absolute Gasteiger partial charge is 0.507 e. The van der Waals surface area contributed by atoms with Gasteiger partial charge in [-0.05, 0) is 59.7 Å². The minimum absolute atomic E-state index is 0.00612. The number of hydrogen-bond donors (Lipinski definition) is 2. The molecule has 3 aromatic carbocycles. The molecule has 0 aromatic heterocycles. The molecule has 2 N–H and O–H groups in total. The van der Waals surface area contributed by atoms with Crippen molar-refractivity contribution in [2.75, 3.05) is 20.3 Å². The Morgan fingerprint density at radius 3 is 2.14 bits per heavy atom. The minimum atomic E-state index is -5.10. The van der Waals surface area contributed by atoms with Gasteiger partial charge in [-0.2, -0.15) is 26.3 Å². The molecule has 3 aromatic rings. The highest BCUT2D eigenvalue weighted by Gasteiger charge is 2.37. The molecule has 4 rings (SSSR count). The Morgan fingerprint density at radius 2 is 1.57 bits per heavy atom. The average molecular weight is 730 g/mol. The summed E-state index contributed by atoms with van der Waals surface area (Å²) in [6.45, 7) is -0.908. The third-order valence-corrected chi connectivity index (χ3v) is 8.01. The molecule has 0 aliphatic carbocycles. The van der Waals surface area contributed by atoms with Gasteiger partial charge in [0.25, 0.3) is 5.91 Å². The number of aromatic hydroxyl groups is 1. The highest BCUT2D eigenvalue weighted by Crippen LogP contribution is 2.40. The molecule has 0 spiro atoms. The van der Waals surface area contributed by atoms with Crippen molar-refractivity contribution in [1.82, 2.24) is 4.90 Å². The number of thioether (sulfide) groups is 1. The van der Waals surface area contributed by atoms with Gasteiger partial charge in [0.1, 0.15) is 27.1 Å². The molecule has 1 aliphatic heterocycles. The van der Waals surface area contributed by atoms with Gasteiger partial charge in [-0.3, -0.25) is 14.5 Å². The van der Waals surface area contributed by atoms with Crippen LogP contribution in [-0.4, -0.2) is 63.5 Å². The van der Waals surface area contributed by atoms with E-state index in [9.17, 15) is 50.6 Å². The van der Waals surface area contributed by atoms with Gasteiger partial charge in [0.15, 0.2) is 6.61 Å². The van der Waals surface area contributed by atoms with Gasteiger partial charge < -0.3 is 24.4 Å². The van der Waals surface area contributed by atoms with Crippen LogP contribution in [0, 0.1) is 0 Å². The Kier molecular flexibility index (Phi) is 10.9. The summed E-state index contributed by atoms with van der Waals surface area (Å²) in [5, 5.41) is 18.8. The zero-order valence-corrected chi connectivity index (χ0v) is 26.3. The molecule has 1 saturated heterocycles. The number of hydrogen-bond acceptors (Lipinski definition) is 10. The highest BCUT2D eigenvalue weighted by atomic mass is 32.2. The van der Waals surface area contributed by atoms with E-state index in [4.69, 9.17) is 26.8 Å². The van der Waals surface area contributed by atoms with Crippen LogP contribution >= 0.6 is 24.0 Å². The molecule has 0 atom stereocenters. The topological polar surface area (TPSA) is 140 Å². The van der Waals surface area contributed by atoms with E-state index in [0.717, 1.165) is 48.0 Å². The fourth-order valence-electron chi connectivity index (χ4n) is 4.26. The van der Waals surface area contributed by atoms with Crippen LogP contribution in [0.15, 0.2) is 59.5 Å². The molecule has 49 heavy (non-hydrogen) atoms. The van der Waals surface area contributed by atoms with Crippen LogP contribution in [0.5, 0.6) is 17.2 Å². The number of carboxylic acids is 1. The lowest BCUT2D eigenvalue weighted by atomic mass is 9.97. The number of halogens is 6. The third kappa shape index (κ3) is 9.08. The zero-order chi connectivity index (χ0) is 36.3. The van der Waals surface area contributed by atoms with Gasteiger partial charge in [0.2, 0.25) is 0 Å². The highest BCUT2D eigenvalue weighted by molar-refractivity contribution is 8.26. The van der Waals surface area contributed by atoms with E-state index in [1.165, 1.54) is 18.2 Å². The number of esters is 2. The number of methoxy groups -OCH3 is 1. The number of carbonyl (C=O) groups is 4. The van der Waals surface area contributed by atoms with Crippen LogP contribution in [0.1, 0.15) is 33.5 Å². The number of nitrogens with zero attached hydrogens (tertiary/aromatic N) is 1. The summed E-state index contributed by atoms with van der Waals surface area (Å²) in [6, 6.07) is 7.65. The van der Waals surface area contributed by atoms with Crippen LogP contribution < -0.4 is 9.47 Å². The van der Waals surface area contributed by atoms with Gasteiger partial charge in [-0.1, -0.05) is 30.0 Å². The van der Waals surface area contributed by atoms with Gasteiger partial charge in [0, 0.05) is 18.2 Å². The molecule has 1 aliphatic rings. The predicted octanol–water partition coefficient (Wildman–Crippen LogP) is 6.54. The van der Waals surface area contributed by atoms with Crippen molar-refractivity contribution in [2.24, 2.45) is 0 Å². The molecule has 10 nitrogen and oxygen atoms in total. The first kappa shape index (κ1) is 36.7. The van der Waals surface area contributed by atoms with Crippen LogP contribution in [0.25, 0.3) is 17.2 Å². The van der Waals surface area contributed by atoms with E-state index in [2.05, 4.69) is 4.74 Å². The number of phenols is 1. The Balaban J connectivity index is 1.62. The molecule has 0 bridgehead atoms. The van der Waals surface area contributed by atoms with Crippen molar-refractivity contribution in [2.45, 2.75) is 18.8 Å². The number of alkyl halides is 6. The third-order valence-electron chi connectivity index (χ3n) is 6.63. The van der Waals surface area contributed by atoms with Crippen molar-refractivity contribution in [1.29, 1.82) is 0 Å². The minimum Gasteiger partial charge on any atom is -0.507 e. The normalized spacial score (nSPS) is 14.3. The Bertz CT molecular complexity index is 1840. The summed E-state index contributed by atoms with van der Waals surface area (Å²) >= 11 is 6.04. The molecular weight excluding hydrogens is 708 g/mol. The number of carbonyl (C=O) groups excluding carboxylic acids is 3. The summed E-state index contributed by atoms with van der Waals surface area (Å²) in [5.41, 5.74) is -4.09. The number of amides is 1. The molecule has 1 fully saturated rings. The maximum atomic E-state index is 13.5. The maximum Gasteiger partial charge on any atom is 0.416 e. The summed E-state index contributed by atoms with van der Waals surface area (Å²) in [4.78, 5) is 49.4. The summed E-state index contributed by atoms with van der Waals surface area (Å²) < 4.78 is 96.1. The first-order valence-corrected chi connectivity index (χ1v) is 14.8. The maximum absolute atomic E-state index is 13.5. The van der Waals surface area contributed by atoms with E-state index in [-0.39, 0.29) is 44.5 Å². The fraction of sp³-hybridized carbons (Fsp3) is 0.194. The summed E-state index contributed by atoms with van der Waals surface area (Å²) in [6.07, 6.45) is -9.40. The van der Waals surface area contributed by atoms with Crippen LogP contribution in [0.4, 0.5) is 26.3 Å². The second-order valence-electron chi connectivity index (χ2n) is 9.95. The Labute approximate surface area is 281 Å². The quantitative estimate of drug-likeness (QED) is 0.0773. The molecule has 1 heterocycles. The van der Waals surface area contributed by atoms with Crippen LogP contribution in [0.2, 0.25) is 0 Å². The number of carboxylic acid groups (broad SMARTS) is 1. The zero-order valence-electron chi connectivity index (χ0n) is 24.7. The molecule has 1 amide bonds. The van der Waals surface area contributed by atoms with Crippen LogP contribution in [0.3, 0.4) is 0 Å². The van der Waals surface area contributed by atoms with Gasteiger partial charge in [0.05, 0.1) is 29.6 Å². The predicted molar refractivity (Wildman–Crippen MR) is 165 cm³/mol. The van der Waals surface area contributed by atoms with E-state index < -0.39 is 77.2 Å². The second kappa shape index (κ2) is 14.6. The Hall–Kier alpha value is -5.10. The van der Waals surface area contributed by atoms with Gasteiger partial charge >= 0.3 is 30.3 Å². The second-order valence-corrected chi connectivity index (χ2v) is 11.6.